The molecule has 84 valence electrons. The van der Waals surface area contributed by atoms with Crippen LogP contribution in [0.25, 0.3) is 21.0 Å². The smallest absolute Gasteiger partial charge is 0.266 e. The van der Waals surface area contributed by atoms with Crippen molar-refractivity contribution in [2.75, 3.05) is 0 Å². The van der Waals surface area contributed by atoms with Gasteiger partial charge in [-0.25, -0.2) is 0 Å². The lowest BCUT2D eigenvalue weighted by Crippen LogP contribution is -2.06. The minimum atomic E-state index is -0.0943. The fourth-order valence-corrected chi connectivity index (χ4v) is 2.90. The highest BCUT2D eigenvalue weighted by Crippen LogP contribution is 2.27. The first-order chi connectivity index (χ1) is 8.18. The molecular formula is C13H9NO2S. The number of pyridine rings is 1. The number of hydrogen-bond acceptors (Lipinski definition) is 3. The zero-order valence-electron chi connectivity index (χ0n) is 9.11. The summed E-state index contributed by atoms with van der Waals surface area (Å²) in [6.45, 7) is 1.54. The number of Topliss-reactive ketones (excluding diaryl/α,β-unsaturated/α-hetero) is 1. The number of nitrogens with one attached hydrogen (secondary N) is 1. The Bertz CT molecular complexity index is 798. The van der Waals surface area contributed by atoms with Gasteiger partial charge in [-0.15, -0.1) is 11.3 Å². The largest absolute Gasteiger partial charge is 0.321 e. The SMILES string of the molecule is CC(=O)c1cccc2[nH]c(=O)c3sccc3c12. The van der Waals surface area contributed by atoms with E-state index < -0.39 is 0 Å². The van der Waals surface area contributed by atoms with E-state index >= 15 is 0 Å². The second-order valence-electron chi connectivity index (χ2n) is 3.90. The van der Waals surface area contributed by atoms with Gasteiger partial charge in [-0.3, -0.25) is 9.59 Å². The molecule has 2 aromatic heterocycles. The molecule has 0 amide bonds. The average Bonchev–Trinajstić information content (AvgIpc) is 2.77. The molecular weight excluding hydrogens is 234 g/mol. The molecule has 3 nitrogen and oxygen atoms in total. The highest BCUT2D eigenvalue weighted by atomic mass is 32.1. The van der Waals surface area contributed by atoms with Crippen LogP contribution in [0.5, 0.6) is 0 Å². The van der Waals surface area contributed by atoms with Gasteiger partial charge in [-0.1, -0.05) is 12.1 Å². The van der Waals surface area contributed by atoms with Crippen LogP contribution >= 0.6 is 11.3 Å². The molecule has 0 saturated carbocycles. The lowest BCUT2D eigenvalue weighted by molar-refractivity contribution is 0.101. The predicted octanol–water partition coefficient (Wildman–Crippen LogP) is 2.95. The zero-order chi connectivity index (χ0) is 12.0. The summed E-state index contributed by atoms with van der Waals surface area (Å²) in [7, 11) is 0. The first-order valence-corrected chi connectivity index (χ1v) is 6.09. The van der Waals surface area contributed by atoms with Crippen molar-refractivity contribution < 1.29 is 4.79 Å². The number of aromatic amines is 1. The van der Waals surface area contributed by atoms with E-state index in [-0.39, 0.29) is 11.3 Å². The van der Waals surface area contributed by atoms with Gasteiger partial charge in [0, 0.05) is 21.9 Å². The number of hydrogen-bond donors (Lipinski definition) is 1. The molecule has 3 aromatic rings. The summed E-state index contributed by atoms with van der Waals surface area (Å²) in [6.07, 6.45) is 0. The first-order valence-electron chi connectivity index (χ1n) is 5.21. The van der Waals surface area contributed by atoms with Gasteiger partial charge in [0.15, 0.2) is 5.78 Å². The Kier molecular flexibility index (Phi) is 2.12. The molecule has 4 heteroatoms. The Balaban J connectivity index is 2.66. The second kappa shape index (κ2) is 3.53. The van der Waals surface area contributed by atoms with Crippen LogP contribution in [0.4, 0.5) is 0 Å². The predicted molar refractivity (Wildman–Crippen MR) is 70.0 cm³/mol. The van der Waals surface area contributed by atoms with Crippen LogP contribution in [0.1, 0.15) is 17.3 Å². The number of benzene rings is 1. The van der Waals surface area contributed by atoms with Crippen molar-refractivity contribution in [3.8, 4) is 0 Å². The van der Waals surface area contributed by atoms with Gasteiger partial charge in [0.2, 0.25) is 0 Å². The van der Waals surface area contributed by atoms with Gasteiger partial charge in [-0.05, 0) is 24.4 Å². The van der Waals surface area contributed by atoms with Gasteiger partial charge in [-0.2, -0.15) is 0 Å². The molecule has 0 aliphatic carbocycles. The number of carbonyl (C=O) groups is 1. The minimum Gasteiger partial charge on any atom is -0.321 e. The van der Waals surface area contributed by atoms with Crippen molar-refractivity contribution in [2.24, 2.45) is 0 Å². The van der Waals surface area contributed by atoms with Crippen molar-refractivity contribution in [2.45, 2.75) is 6.92 Å². The Morgan fingerprint density at radius 1 is 1.29 bits per heavy atom. The monoisotopic (exact) mass is 243 g/mol. The molecule has 3 rings (SSSR count). The van der Waals surface area contributed by atoms with Crippen LogP contribution in [-0.2, 0) is 0 Å². The molecule has 0 aliphatic heterocycles. The molecule has 0 radical (unpaired) electrons. The van der Waals surface area contributed by atoms with Crippen LogP contribution in [0.15, 0.2) is 34.4 Å². The normalized spacial score (nSPS) is 11.1. The molecule has 2 heterocycles. The maximum absolute atomic E-state index is 11.8. The second-order valence-corrected chi connectivity index (χ2v) is 4.82. The molecule has 17 heavy (non-hydrogen) atoms. The van der Waals surface area contributed by atoms with Crippen molar-refractivity contribution in [3.05, 3.63) is 45.6 Å². The maximum Gasteiger partial charge on any atom is 0.266 e. The van der Waals surface area contributed by atoms with E-state index in [4.69, 9.17) is 0 Å². The summed E-state index contributed by atoms with van der Waals surface area (Å²) < 4.78 is 0.672. The van der Waals surface area contributed by atoms with E-state index in [2.05, 4.69) is 4.98 Å². The van der Waals surface area contributed by atoms with Crippen LogP contribution in [0.3, 0.4) is 0 Å². The summed E-state index contributed by atoms with van der Waals surface area (Å²) in [4.78, 5) is 26.2. The molecule has 0 atom stereocenters. The summed E-state index contributed by atoms with van der Waals surface area (Å²) in [6, 6.07) is 7.29. The molecule has 1 aromatic carbocycles. The van der Waals surface area contributed by atoms with Crippen LogP contribution in [0, 0.1) is 0 Å². The molecule has 0 aliphatic rings. The Labute approximate surface area is 101 Å². The highest BCUT2D eigenvalue weighted by molar-refractivity contribution is 7.17. The van der Waals surface area contributed by atoms with Crippen molar-refractivity contribution in [1.29, 1.82) is 0 Å². The fourth-order valence-electron chi connectivity index (χ4n) is 2.10. The number of rotatable bonds is 1. The molecule has 0 bridgehead atoms. The standard InChI is InChI=1S/C13H9NO2S/c1-7(15)8-3-2-4-10-11(8)9-5-6-17-12(9)13(16)14-10/h2-6H,1H3,(H,14,16). The topological polar surface area (TPSA) is 49.9 Å². The van der Waals surface area contributed by atoms with Gasteiger partial charge in [0.05, 0.1) is 0 Å². The van der Waals surface area contributed by atoms with E-state index in [1.54, 1.807) is 12.1 Å². The number of carbonyl (C=O) groups excluding carboxylic acids is 1. The van der Waals surface area contributed by atoms with Gasteiger partial charge < -0.3 is 4.98 Å². The van der Waals surface area contributed by atoms with E-state index in [9.17, 15) is 9.59 Å². The number of fused-ring (bicyclic) bond motifs is 3. The van der Waals surface area contributed by atoms with E-state index in [1.807, 2.05) is 17.5 Å². The third-order valence-corrected chi connectivity index (χ3v) is 3.75. The Morgan fingerprint density at radius 2 is 2.12 bits per heavy atom. The lowest BCUT2D eigenvalue weighted by atomic mass is 10.0. The Hall–Kier alpha value is -1.94. The Morgan fingerprint density at radius 3 is 2.88 bits per heavy atom. The molecule has 0 saturated heterocycles. The first kappa shape index (κ1) is 10.2. The lowest BCUT2D eigenvalue weighted by Gasteiger charge is -2.04. The van der Waals surface area contributed by atoms with E-state index in [0.717, 1.165) is 10.8 Å². The summed E-state index contributed by atoms with van der Waals surface area (Å²) in [5.41, 5.74) is 1.28. The fraction of sp³-hybridized carbons (Fsp3) is 0.0769. The minimum absolute atomic E-state index is 0.00940. The summed E-state index contributed by atoms with van der Waals surface area (Å²) in [5, 5.41) is 3.58. The number of ketones is 1. The number of thiophene rings is 1. The van der Waals surface area contributed by atoms with Crippen LogP contribution in [-0.4, -0.2) is 10.8 Å². The third kappa shape index (κ3) is 1.41. The maximum atomic E-state index is 11.8. The number of aromatic nitrogens is 1. The molecule has 0 spiro atoms. The van der Waals surface area contributed by atoms with Gasteiger partial charge in [0.1, 0.15) is 4.70 Å². The summed E-state index contributed by atoms with van der Waals surface area (Å²) in [5.74, 6) is 0.00940. The third-order valence-electron chi connectivity index (χ3n) is 2.83. The van der Waals surface area contributed by atoms with Crippen molar-refractivity contribution in [1.82, 2.24) is 4.98 Å². The summed E-state index contributed by atoms with van der Waals surface area (Å²) >= 11 is 1.39. The van der Waals surface area contributed by atoms with E-state index in [1.165, 1.54) is 18.3 Å². The zero-order valence-corrected chi connectivity index (χ0v) is 9.93. The van der Waals surface area contributed by atoms with E-state index in [0.29, 0.717) is 15.8 Å². The van der Waals surface area contributed by atoms with Crippen LogP contribution < -0.4 is 5.56 Å². The van der Waals surface area contributed by atoms with Gasteiger partial charge >= 0.3 is 0 Å². The quantitative estimate of drug-likeness (QED) is 0.668. The molecule has 0 fully saturated rings. The molecule has 0 unspecified atom stereocenters. The van der Waals surface area contributed by atoms with Crippen molar-refractivity contribution in [3.63, 3.8) is 0 Å². The van der Waals surface area contributed by atoms with Crippen molar-refractivity contribution >= 4 is 38.1 Å². The highest BCUT2D eigenvalue weighted by Gasteiger charge is 2.11. The average molecular weight is 243 g/mol. The molecule has 1 N–H and O–H groups in total. The number of H-pyrrole nitrogens is 1. The van der Waals surface area contributed by atoms with Crippen LogP contribution in [0.2, 0.25) is 0 Å². The van der Waals surface area contributed by atoms with Gasteiger partial charge in [0.25, 0.3) is 5.56 Å².